The average Bonchev–Trinajstić information content (AvgIpc) is 2.85. The molecule has 2 heterocycles. The minimum absolute atomic E-state index is 0.110. The molecule has 3 aromatic rings. The van der Waals surface area contributed by atoms with E-state index in [1.807, 2.05) is 21.9 Å². The molecule has 0 bridgehead atoms. The summed E-state index contributed by atoms with van der Waals surface area (Å²) in [5, 5.41) is 2.60. The van der Waals surface area contributed by atoms with Gasteiger partial charge in [-0.1, -0.05) is 54.6 Å². The number of rotatable bonds is 4. The Morgan fingerprint density at radius 3 is 2.28 bits per heavy atom. The van der Waals surface area contributed by atoms with Gasteiger partial charge in [-0.05, 0) is 54.4 Å². The molecule has 2 fully saturated rings. The van der Waals surface area contributed by atoms with E-state index in [0.717, 1.165) is 32.5 Å². The molecule has 3 aromatic carbocycles. The first-order valence-electron chi connectivity index (χ1n) is 11.7. The molecule has 0 spiro atoms. The van der Waals surface area contributed by atoms with Crippen LogP contribution in [0.4, 0.5) is 10.1 Å². The lowest BCUT2D eigenvalue weighted by atomic mass is 9.94. The molecule has 1 amide bonds. The highest BCUT2D eigenvalue weighted by Gasteiger charge is 2.31. The number of piperidine rings is 1. The Hall–Kier alpha value is -2.92. The summed E-state index contributed by atoms with van der Waals surface area (Å²) in [4.78, 5) is 19.6. The van der Waals surface area contributed by atoms with Gasteiger partial charge in [0.05, 0.1) is 5.69 Å². The highest BCUT2D eigenvalue weighted by Crippen LogP contribution is 2.26. The summed E-state index contributed by atoms with van der Waals surface area (Å²) in [6, 6.07) is 21.9. The van der Waals surface area contributed by atoms with E-state index in [9.17, 15) is 9.18 Å². The second-order valence-corrected chi connectivity index (χ2v) is 8.95. The summed E-state index contributed by atoms with van der Waals surface area (Å²) in [5.41, 5.74) is 2.00. The predicted octanol–water partition coefficient (Wildman–Crippen LogP) is 4.54. The number of halogens is 1. The van der Waals surface area contributed by atoms with Gasteiger partial charge in [-0.15, -0.1) is 0 Å². The van der Waals surface area contributed by atoms with Crippen molar-refractivity contribution >= 4 is 22.4 Å². The second kappa shape index (κ2) is 9.29. The standard InChI is InChI=1S/C27H30FN3O/c28-25-10-3-4-11-26(25)30-16-18-31(19-17-30)27(32)22-12-14-29(15-13-22)20-23-8-5-7-21-6-1-2-9-24(21)23/h1-11,22H,12-20H2. The Morgan fingerprint density at radius 1 is 0.812 bits per heavy atom. The van der Waals surface area contributed by atoms with Gasteiger partial charge in [0.25, 0.3) is 0 Å². The Labute approximate surface area is 189 Å². The van der Waals surface area contributed by atoms with E-state index in [1.54, 1.807) is 6.07 Å². The third-order valence-corrected chi connectivity index (χ3v) is 7.00. The fraction of sp³-hybridized carbons (Fsp3) is 0.370. The van der Waals surface area contributed by atoms with E-state index in [4.69, 9.17) is 0 Å². The van der Waals surface area contributed by atoms with Crippen LogP contribution >= 0.6 is 0 Å². The molecule has 5 heteroatoms. The maximum Gasteiger partial charge on any atom is 0.225 e. The van der Waals surface area contributed by atoms with Crippen molar-refractivity contribution in [2.45, 2.75) is 19.4 Å². The number of para-hydroxylation sites is 1. The molecule has 0 saturated carbocycles. The highest BCUT2D eigenvalue weighted by molar-refractivity contribution is 5.85. The molecule has 5 rings (SSSR count). The normalized spacial score (nSPS) is 18.3. The van der Waals surface area contributed by atoms with Crippen LogP contribution in [-0.2, 0) is 11.3 Å². The van der Waals surface area contributed by atoms with Gasteiger partial charge >= 0.3 is 0 Å². The van der Waals surface area contributed by atoms with Crippen LogP contribution in [0.5, 0.6) is 0 Å². The van der Waals surface area contributed by atoms with Crippen LogP contribution < -0.4 is 4.90 Å². The number of likely N-dealkylation sites (tertiary alicyclic amines) is 1. The van der Waals surface area contributed by atoms with Crippen molar-refractivity contribution < 1.29 is 9.18 Å². The highest BCUT2D eigenvalue weighted by atomic mass is 19.1. The maximum atomic E-state index is 14.1. The van der Waals surface area contributed by atoms with Crippen LogP contribution in [0.25, 0.3) is 10.8 Å². The number of amides is 1. The summed E-state index contributed by atoms with van der Waals surface area (Å²) >= 11 is 0. The molecule has 0 atom stereocenters. The molecule has 4 nitrogen and oxygen atoms in total. The molecule has 0 radical (unpaired) electrons. The van der Waals surface area contributed by atoms with Crippen LogP contribution in [-0.4, -0.2) is 55.0 Å². The molecule has 0 N–H and O–H groups in total. The van der Waals surface area contributed by atoms with E-state index in [-0.39, 0.29) is 17.6 Å². The third-order valence-electron chi connectivity index (χ3n) is 7.00. The van der Waals surface area contributed by atoms with Crippen molar-refractivity contribution in [2.75, 3.05) is 44.2 Å². The van der Waals surface area contributed by atoms with Crippen LogP contribution in [0.3, 0.4) is 0 Å². The third kappa shape index (κ3) is 4.35. The van der Waals surface area contributed by atoms with E-state index in [1.165, 1.54) is 22.4 Å². The summed E-state index contributed by atoms with van der Waals surface area (Å²) in [6.45, 7) is 5.55. The van der Waals surface area contributed by atoms with Crippen LogP contribution in [0, 0.1) is 11.7 Å². The number of benzene rings is 3. The van der Waals surface area contributed by atoms with Gasteiger partial charge in [0.2, 0.25) is 5.91 Å². The van der Waals surface area contributed by atoms with Crippen molar-refractivity contribution in [3.8, 4) is 0 Å². The van der Waals surface area contributed by atoms with Crippen LogP contribution in [0.2, 0.25) is 0 Å². The first kappa shape index (κ1) is 21.0. The van der Waals surface area contributed by atoms with Gasteiger partial charge in [-0.3, -0.25) is 9.69 Å². The molecule has 32 heavy (non-hydrogen) atoms. The van der Waals surface area contributed by atoms with Crippen molar-refractivity contribution in [3.63, 3.8) is 0 Å². The number of anilines is 1. The molecule has 2 aliphatic heterocycles. The van der Waals surface area contributed by atoms with Gasteiger partial charge in [0.15, 0.2) is 0 Å². The van der Waals surface area contributed by atoms with Crippen molar-refractivity contribution in [1.29, 1.82) is 0 Å². The smallest absolute Gasteiger partial charge is 0.225 e. The topological polar surface area (TPSA) is 26.8 Å². The maximum absolute atomic E-state index is 14.1. The number of carbonyl (C=O) groups is 1. The fourth-order valence-corrected chi connectivity index (χ4v) is 5.14. The number of hydrogen-bond donors (Lipinski definition) is 0. The number of hydrogen-bond acceptors (Lipinski definition) is 3. The lowest BCUT2D eigenvalue weighted by Crippen LogP contribution is -2.51. The SMILES string of the molecule is O=C(C1CCN(Cc2cccc3ccccc23)CC1)N1CCN(c2ccccc2F)CC1. The predicted molar refractivity (Wildman–Crippen MR) is 127 cm³/mol. The Morgan fingerprint density at radius 2 is 1.50 bits per heavy atom. The lowest BCUT2D eigenvalue weighted by Gasteiger charge is -2.39. The fourth-order valence-electron chi connectivity index (χ4n) is 5.14. The van der Waals surface area contributed by atoms with Crippen molar-refractivity contribution in [3.05, 3.63) is 78.1 Å². The Kier molecular flexibility index (Phi) is 6.08. The van der Waals surface area contributed by atoms with E-state index >= 15 is 0 Å². The molecule has 166 valence electrons. The second-order valence-electron chi connectivity index (χ2n) is 8.95. The molecule has 0 aliphatic carbocycles. The van der Waals surface area contributed by atoms with Crippen molar-refractivity contribution in [1.82, 2.24) is 9.80 Å². The van der Waals surface area contributed by atoms with E-state index in [0.29, 0.717) is 31.9 Å². The zero-order chi connectivity index (χ0) is 21.9. The Bertz CT molecular complexity index is 1080. The van der Waals surface area contributed by atoms with Gasteiger partial charge in [-0.2, -0.15) is 0 Å². The minimum Gasteiger partial charge on any atom is -0.366 e. The number of carbonyl (C=O) groups excluding carboxylic acids is 1. The zero-order valence-corrected chi connectivity index (χ0v) is 18.4. The minimum atomic E-state index is -0.189. The summed E-state index contributed by atoms with van der Waals surface area (Å²) < 4.78 is 14.1. The molecular formula is C27H30FN3O. The van der Waals surface area contributed by atoms with Gasteiger partial charge < -0.3 is 9.80 Å². The lowest BCUT2D eigenvalue weighted by molar-refractivity contribution is -0.137. The van der Waals surface area contributed by atoms with Crippen LogP contribution in [0.15, 0.2) is 66.7 Å². The number of piperazine rings is 1. The summed E-state index contributed by atoms with van der Waals surface area (Å²) in [6.07, 6.45) is 1.83. The summed E-state index contributed by atoms with van der Waals surface area (Å²) in [7, 11) is 0. The molecule has 0 aromatic heterocycles. The first-order valence-corrected chi connectivity index (χ1v) is 11.7. The monoisotopic (exact) mass is 431 g/mol. The van der Waals surface area contributed by atoms with Gasteiger partial charge in [0.1, 0.15) is 5.82 Å². The quantitative estimate of drug-likeness (QED) is 0.607. The van der Waals surface area contributed by atoms with Gasteiger partial charge in [-0.25, -0.2) is 4.39 Å². The summed E-state index contributed by atoms with van der Waals surface area (Å²) in [5.74, 6) is 0.201. The molecule has 0 unspecified atom stereocenters. The van der Waals surface area contributed by atoms with E-state index < -0.39 is 0 Å². The molecule has 2 saturated heterocycles. The Balaban J connectivity index is 1.14. The van der Waals surface area contributed by atoms with Gasteiger partial charge in [0, 0.05) is 38.6 Å². The van der Waals surface area contributed by atoms with E-state index in [2.05, 4.69) is 47.4 Å². The zero-order valence-electron chi connectivity index (χ0n) is 18.4. The van der Waals surface area contributed by atoms with Crippen LogP contribution in [0.1, 0.15) is 18.4 Å². The average molecular weight is 432 g/mol. The largest absolute Gasteiger partial charge is 0.366 e. The molecule has 2 aliphatic rings. The van der Waals surface area contributed by atoms with Crippen molar-refractivity contribution in [2.24, 2.45) is 5.92 Å². The first-order chi connectivity index (χ1) is 15.7. The number of fused-ring (bicyclic) bond motifs is 1. The number of nitrogens with zero attached hydrogens (tertiary/aromatic N) is 3. The molecular weight excluding hydrogens is 401 g/mol.